The van der Waals surface area contributed by atoms with Crippen molar-refractivity contribution in [3.05, 3.63) is 17.0 Å². The number of carbonyl (C=O) groups excluding carboxylic acids is 2. The molecule has 1 aromatic rings. The summed E-state index contributed by atoms with van der Waals surface area (Å²) in [6.07, 6.45) is 0. The molecule has 1 aromatic heterocycles. The van der Waals surface area contributed by atoms with Crippen LogP contribution in [0.1, 0.15) is 28.7 Å². The lowest BCUT2D eigenvalue weighted by Crippen LogP contribution is -2.38. The molecule has 0 aromatic carbocycles. The summed E-state index contributed by atoms with van der Waals surface area (Å²) < 4.78 is 0. The fourth-order valence-corrected chi connectivity index (χ4v) is 1.44. The van der Waals surface area contributed by atoms with Gasteiger partial charge in [-0.1, -0.05) is 0 Å². The topological polar surface area (TPSA) is 78.1 Å². The Kier molecular flexibility index (Phi) is 4.25. The van der Waals surface area contributed by atoms with Gasteiger partial charge in [0.05, 0.1) is 17.8 Å². The van der Waals surface area contributed by atoms with Gasteiger partial charge >= 0.3 is 0 Å². The largest absolute Gasteiger partial charge is 0.345 e. The first kappa shape index (κ1) is 13.2. The van der Waals surface area contributed by atoms with Gasteiger partial charge in [0.25, 0.3) is 5.91 Å². The Morgan fingerprint density at radius 3 is 2.53 bits per heavy atom. The van der Waals surface area contributed by atoms with Crippen LogP contribution in [-0.2, 0) is 4.79 Å². The lowest BCUT2D eigenvalue weighted by molar-refractivity contribution is -0.128. The summed E-state index contributed by atoms with van der Waals surface area (Å²) in [6.45, 7) is 6.03. The number of aryl methyl sites for hydroxylation is 2. The van der Waals surface area contributed by atoms with Crippen molar-refractivity contribution in [1.82, 2.24) is 20.4 Å². The summed E-state index contributed by atoms with van der Waals surface area (Å²) in [5, 5.41) is 9.26. The maximum absolute atomic E-state index is 11.8. The highest BCUT2D eigenvalue weighted by molar-refractivity contribution is 5.98. The van der Waals surface area contributed by atoms with Crippen LogP contribution in [0.5, 0.6) is 0 Å². The van der Waals surface area contributed by atoms with Crippen molar-refractivity contribution in [3.8, 4) is 0 Å². The summed E-state index contributed by atoms with van der Waals surface area (Å²) in [7, 11) is 1.70. The van der Waals surface area contributed by atoms with E-state index in [-0.39, 0.29) is 18.4 Å². The van der Waals surface area contributed by atoms with Crippen molar-refractivity contribution < 1.29 is 9.59 Å². The Morgan fingerprint density at radius 2 is 2.06 bits per heavy atom. The molecule has 1 heterocycles. The number of nitrogens with zero attached hydrogens (tertiary/aromatic N) is 2. The molecule has 6 nitrogen and oxygen atoms in total. The second-order valence-electron chi connectivity index (χ2n) is 3.90. The van der Waals surface area contributed by atoms with E-state index in [0.717, 1.165) is 0 Å². The van der Waals surface area contributed by atoms with E-state index in [4.69, 9.17) is 0 Å². The normalized spacial score (nSPS) is 10.1. The number of carbonyl (C=O) groups is 2. The van der Waals surface area contributed by atoms with Gasteiger partial charge in [-0.25, -0.2) is 0 Å². The predicted molar refractivity (Wildman–Crippen MR) is 63.7 cm³/mol. The minimum absolute atomic E-state index is 0.00718. The van der Waals surface area contributed by atoms with Crippen LogP contribution in [0.2, 0.25) is 0 Å². The minimum atomic E-state index is -0.272. The Morgan fingerprint density at radius 1 is 1.41 bits per heavy atom. The summed E-state index contributed by atoms with van der Waals surface area (Å²) in [6, 6.07) is 0. The molecular weight excluding hydrogens is 220 g/mol. The van der Waals surface area contributed by atoms with Gasteiger partial charge in [0, 0.05) is 19.3 Å². The molecule has 0 atom stereocenters. The van der Waals surface area contributed by atoms with Crippen molar-refractivity contribution >= 4 is 11.8 Å². The first-order valence-electron chi connectivity index (χ1n) is 5.51. The zero-order valence-corrected chi connectivity index (χ0v) is 10.6. The molecule has 0 aliphatic carbocycles. The van der Waals surface area contributed by atoms with E-state index >= 15 is 0 Å². The fourth-order valence-electron chi connectivity index (χ4n) is 1.44. The molecule has 0 aliphatic rings. The van der Waals surface area contributed by atoms with Gasteiger partial charge < -0.3 is 10.2 Å². The van der Waals surface area contributed by atoms with Gasteiger partial charge in [-0.15, -0.1) is 0 Å². The van der Waals surface area contributed by atoms with Crippen LogP contribution < -0.4 is 5.32 Å². The summed E-state index contributed by atoms with van der Waals surface area (Å²) in [4.78, 5) is 24.9. The van der Waals surface area contributed by atoms with E-state index in [1.807, 2.05) is 6.92 Å². The van der Waals surface area contributed by atoms with Gasteiger partial charge in [-0.05, 0) is 20.8 Å². The molecule has 0 fully saturated rings. The third-order valence-corrected chi connectivity index (χ3v) is 2.66. The monoisotopic (exact) mass is 238 g/mol. The Hall–Kier alpha value is -1.85. The number of nitrogens with one attached hydrogen (secondary N) is 2. The van der Waals surface area contributed by atoms with E-state index < -0.39 is 0 Å². The van der Waals surface area contributed by atoms with E-state index in [1.165, 1.54) is 0 Å². The van der Waals surface area contributed by atoms with Crippen LogP contribution in [0.3, 0.4) is 0 Å². The van der Waals surface area contributed by atoms with E-state index in [9.17, 15) is 9.59 Å². The molecule has 0 saturated heterocycles. The Balaban J connectivity index is 2.60. The van der Waals surface area contributed by atoms with E-state index in [0.29, 0.717) is 23.5 Å². The van der Waals surface area contributed by atoms with Gasteiger partial charge in [0.2, 0.25) is 5.91 Å². The molecule has 0 unspecified atom stereocenters. The van der Waals surface area contributed by atoms with Crippen LogP contribution >= 0.6 is 0 Å². The van der Waals surface area contributed by atoms with Crippen molar-refractivity contribution in [2.75, 3.05) is 20.1 Å². The number of aromatic amines is 1. The average molecular weight is 238 g/mol. The average Bonchev–Trinajstić information content (AvgIpc) is 2.64. The van der Waals surface area contributed by atoms with Crippen molar-refractivity contribution in [2.45, 2.75) is 20.8 Å². The molecule has 0 spiro atoms. The fraction of sp³-hybridized carbons (Fsp3) is 0.545. The number of amides is 2. The molecule has 0 aliphatic heterocycles. The highest BCUT2D eigenvalue weighted by Gasteiger charge is 2.16. The molecule has 2 N–H and O–H groups in total. The molecule has 2 amide bonds. The third kappa shape index (κ3) is 3.05. The SMILES string of the molecule is CCN(C)C(=O)CNC(=O)c1c(C)n[nH]c1C. The van der Waals surface area contributed by atoms with E-state index in [1.54, 1.807) is 25.8 Å². The third-order valence-electron chi connectivity index (χ3n) is 2.66. The quantitative estimate of drug-likeness (QED) is 0.788. The Bertz CT molecular complexity index is 406. The van der Waals surface area contributed by atoms with Gasteiger partial charge in [-0.3, -0.25) is 14.7 Å². The molecule has 0 radical (unpaired) electrons. The number of rotatable bonds is 4. The van der Waals surface area contributed by atoms with Crippen LogP contribution in [0.15, 0.2) is 0 Å². The maximum atomic E-state index is 11.8. The predicted octanol–water partition coefficient (Wildman–Crippen LogP) is 0.235. The van der Waals surface area contributed by atoms with Crippen LogP contribution in [0.25, 0.3) is 0 Å². The number of H-pyrrole nitrogens is 1. The molecule has 17 heavy (non-hydrogen) atoms. The van der Waals surface area contributed by atoms with Crippen LogP contribution in [0, 0.1) is 13.8 Å². The van der Waals surface area contributed by atoms with Crippen LogP contribution in [-0.4, -0.2) is 47.0 Å². The van der Waals surface area contributed by atoms with Gasteiger partial charge in [0.1, 0.15) is 0 Å². The maximum Gasteiger partial charge on any atom is 0.255 e. The number of aromatic nitrogens is 2. The molecule has 94 valence electrons. The first-order valence-corrected chi connectivity index (χ1v) is 5.51. The standard InChI is InChI=1S/C11H18N4O2/c1-5-15(4)9(16)6-12-11(17)10-7(2)13-14-8(10)3/h5-6H2,1-4H3,(H,12,17)(H,13,14). The molecular formula is C11H18N4O2. The molecule has 1 rings (SSSR count). The highest BCUT2D eigenvalue weighted by Crippen LogP contribution is 2.08. The zero-order valence-electron chi connectivity index (χ0n) is 10.6. The second kappa shape index (κ2) is 5.47. The zero-order chi connectivity index (χ0) is 13.0. The molecule has 0 saturated carbocycles. The molecule has 6 heteroatoms. The highest BCUT2D eigenvalue weighted by atomic mass is 16.2. The number of likely N-dealkylation sites (N-methyl/N-ethyl adjacent to an activating group) is 1. The van der Waals surface area contributed by atoms with Gasteiger partial charge in [-0.2, -0.15) is 5.10 Å². The van der Waals surface area contributed by atoms with Crippen LogP contribution in [0.4, 0.5) is 0 Å². The summed E-state index contributed by atoms with van der Waals surface area (Å²) >= 11 is 0. The van der Waals surface area contributed by atoms with Crippen molar-refractivity contribution in [3.63, 3.8) is 0 Å². The minimum Gasteiger partial charge on any atom is -0.345 e. The Labute approximate surface area is 100 Å². The van der Waals surface area contributed by atoms with E-state index in [2.05, 4.69) is 15.5 Å². The second-order valence-corrected chi connectivity index (χ2v) is 3.90. The number of hydrogen-bond donors (Lipinski definition) is 2. The van der Waals surface area contributed by atoms with Crippen molar-refractivity contribution in [2.24, 2.45) is 0 Å². The lowest BCUT2D eigenvalue weighted by atomic mass is 10.2. The van der Waals surface area contributed by atoms with Gasteiger partial charge in [0.15, 0.2) is 0 Å². The lowest BCUT2D eigenvalue weighted by Gasteiger charge is -2.14. The first-order chi connectivity index (χ1) is 7.97. The smallest absolute Gasteiger partial charge is 0.255 e. The number of hydrogen-bond acceptors (Lipinski definition) is 3. The molecule has 0 bridgehead atoms. The summed E-state index contributed by atoms with van der Waals surface area (Å²) in [5.74, 6) is -0.383. The van der Waals surface area contributed by atoms with Crippen molar-refractivity contribution in [1.29, 1.82) is 0 Å². The summed E-state index contributed by atoms with van der Waals surface area (Å²) in [5.41, 5.74) is 1.85.